The summed E-state index contributed by atoms with van der Waals surface area (Å²) < 4.78 is 6.08. The Hall–Kier alpha value is -1.07. The molecule has 0 bridgehead atoms. The van der Waals surface area contributed by atoms with E-state index >= 15 is 0 Å². The van der Waals surface area contributed by atoms with Crippen molar-refractivity contribution in [2.75, 3.05) is 0 Å². The zero-order chi connectivity index (χ0) is 12.3. The fourth-order valence-electron chi connectivity index (χ4n) is 1.53. The van der Waals surface area contributed by atoms with Crippen molar-refractivity contribution in [3.05, 3.63) is 45.0 Å². The van der Waals surface area contributed by atoms with Crippen LogP contribution in [0.15, 0.2) is 38.7 Å². The van der Waals surface area contributed by atoms with Crippen LogP contribution in [-0.4, -0.2) is 11.9 Å². The highest BCUT2D eigenvalue weighted by Crippen LogP contribution is 2.22. The van der Waals surface area contributed by atoms with Gasteiger partial charge in [-0.3, -0.25) is 4.79 Å². The maximum Gasteiger partial charge on any atom is 0.262 e. The Morgan fingerprint density at radius 3 is 3.00 bits per heavy atom. The summed E-state index contributed by atoms with van der Waals surface area (Å²) in [6, 6.07) is 5.67. The molecule has 2 aromatic heterocycles. The molecule has 2 heterocycles. The number of amides is 1. The van der Waals surface area contributed by atoms with Crippen LogP contribution < -0.4 is 5.32 Å². The molecule has 1 amide bonds. The summed E-state index contributed by atoms with van der Waals surface area (Å²) in [6.07, 6.45) is 2.33. The van der Waals surface area contributed by atoms with Crippen LogP contribution in [0.25, 0.3) is 0 Å². The number of carbonyl (C=O) groups excluding carboxylic acids is 1. The molecular formula is C12H12BrNO2S. The molecule has 1 N–H and O–H groups in total. The van der Waals surface area contributed by atoms with E-state index in [2.05, 4.69) is 21.2 Å². The van der Waals surface area contributed by atoms with E-state index in [4.69, 9.17) is 4.42 Å². The molecule has 5 heteroatoms. The van der Waals surface area contributed by atoms with Crippen molar-refractivity contribution in [1.29, 1.82) is 0 Å². The molecule has 0 aliphatic heterocycles. The Morgan fingerprint density at radius 2 is 2.41 bits per heavy atom. The van der Waals surface area contributed by atoms with E-state index in [0.717, 1.165) is 10.2 Å². The first-order valence-corrected chi connectivity index (χ1v) is 6.90. The van der Waals surface area contributed by atoms with Gasteiger partial charge in [-0.15, -0.1) is 11.3 Å². The summed E-state index contributed by atoms with van der Waals surface area (Å²) >= 11 is 4.77. The molecule has 0 aliphatic carbocycles. The molecule has 0 aliphatic rings. The van der Waals surface area contributed by atoms with Gasteiger partial charge in [0.1, 0.15) is 10.6 Å². The predicted octanol–water partition coefficient (Wildman–Crippen LogP) is 3.46. The minimum absolute atomic E-state index is 0.0441. The van der Waals surface area contributed by atoms with Gasteiger partial charge < -0.3 is 9.73 Å². The molecule has 2 rings (SSSR count). The van der Waals surface area contributed by atoms with Gasteiger partial charge in [0, 0.05) is 16.9 Å². The largest absolute Gasteiger partial charge is 0.469 e. The van der Waals surface area contributed by atoms with Gasteiger partial charge in [-0.05, 0) is 46.4 Å². The van der Waals surface area contributed by atoms with E-state index in [1.165, 1.54) is 11.3 Å². The van der Waals surface area contributed by atoms with Crippen molar-refractivity contribution >= 4 is 33.2 Å². The zero-order valence-electron chi connectivity index (χ0n) is 9.27. The zero-order valence-corrected chi connectivity index (χ0v) is 11.7. The number of thiophene rings is 1. The maximum atomic E-state index is 11.9. The lowest BCUT2D eigenvalue weighted by molar-refractivity contribution is 0.0942. The lowest BCUT2D eigenvalue weighted by atomic mass is 10.2. The van der Waals surface area contributed by atoms with Gasteiger partial charge in [0.05, 0.1) is 6.26 Å². The molecule has 0 aromatic carbocycles. The van der Waals surface area contributed by atoms with E-state index in [0.29, 0.717) is 11.3 Å². The number of hydrogen-bond donors (Lipinski definition) is 1. The third kappa shape index (κ3) is 3.20. The monoisotopic (exact) mass is 313 g/mol. The summed E-state index contributed by atoms with van der Waals surface area (Å²) in [5, 5.41) is 4.83. The van der Waals surface area contributed by atoms with E-state index in [-0.39, 0.29) is 11.9 Å². The van der Waals surface area contributed by atoms with Crippen molar-refractivity contribution < 1.29 is 9.21 Å². The average Bonchev–Trinajstić information content (AvgIpc) is 2.88. The van der Waals surface area contributed by atoms with Crippen LogP contribution in [0.1, 0.15) is 22.4 Å². The Balaban J connectivity index is 1.93. The van der Waals surface area contributed by atoms with Gasteiger partial charge in [0.2, 0.25) is 0 Å². The molecule has 2 aromatic rings. The van der Waals surface area contributed by atoms with Crippen molar-refractivity contribution in [2.24, 2.45) is 0 Å². The highest BCUT2D eigenvalue weighted by atomic mass is 79.9. The molecule has 0 saturated carbocycles. The fourth-order valence-corrected chi connectivity index (χ4v) is 2.98. The second kappa shape index (κ2) is 5.51. The van der Waals surface area contributed by atoms with Crippen molar-refractivity contribution in [2.45, 2.75) is 19.4 Å². The van der Waals surface area contributed by atoms with Crippen LogP contribution in [0.3, 0.4) is 0 Å². The molecule has 0 saturated heterocycles. The average molecular weight is 314 g/mol. The highest BCUT2D eigenvalue weighted by molar-refractivity contribution is 9.10. The molecule has 0 spiro atoms. The summed E-state index contributed by atoms with van der Waals surface area (Å²) in [5.74, 6) is 0.828. The van der Waals surface area contributed by atoms with Gasteiger partial charge in [-0.25, -0.2) is 0 Å². The third-order valence-electron chi connectivity index (χ3n) is 2.29. The molecular weight excluding hydrogens is 302 g/mol. The molecule has 1 unspecified atom stereocenters. The number of halogens is 1. The van der Waals surface area contributed by atoms with Crippen LogP contribution in [0.5, 0.6) is 0 Å². The van der Waals surface area contributed by atoms with Gasteiger partial charge >= 0.3 is 0 Å². The summed E-state index contributed by atoms with van der Waals surface area (Å²) in [6.45, 7) is 1.96. The van der Waals surface area contributed by atoms with Crippen molar-refractivity contribution in [1.82, 2.24) is 5.32 Å². The summed E-state index contributed by atoms with van der Waals surface area (Å²) in [5.41, 5.74) is 0. The minimum atomic E-state index is -0.0501. The molecule has 90 valence electrons. The fraction of sp³-hybridized carbons (Fsp3) is 0.250. The molecule has 0 fully saturated rings. The van der Waals surface area contributed by atoms with E-state index in [1.54, 1.807) is 6.26 Å². The maximum absolute atomic E-state index is 11.9. The van der Waals surface area contributed by atoms with Gasteiger partial charge in [0.25, 0.3) is 5.91 Å². The first-order chi connectivity index (χ1) is 8.16. The van der Waals surface area contributed by atoms with Crippen molar-refractivity contribution in [3.63, 3.8) is 0 Å². The smallest absolute Gasteiger partial charge is 0.262 e. The predicted molar refractivity (Wildman–Crippen MR) is 71.4 cm³/mol. The van der Waals surface area contributed by atoms with E-state index < -0.39 is 0 Å². The first kappa shape index (κ1) is 12.4. The minimum Gasteiger partial charge on any atom is -0.469 e. The molecule has 17 heavy (non-hydrogen) atoms. The summed E-state index contributed by atoms with van der Waals surface area (Å²) in [4.78, 5) is 12.6. The Bertz CT molecular complexity index is 492. The molecule has 0 radical (unpaired) electrons. The topological polar surface area (TPSA) is 42.2 Å². The number of rotatable bonds is 4. The lowest BCUT2D eigenvalue weighted by Gasteiger charge is -2.11. The highest BCUT2D eigenvalue weighted by Gasteiger charge is 2.14. The second-order valence-corrected chi connectivity index (χ2v) is 5.53. The Labute approximate surface area is 112 Å². The first-order valence-electron chi connectivity index (χ1n) is 5.23. The van der Waals surface area contributed by atoms with Gasteiger partial charge in [0.15, 0.2) is 0 Å². The van der Waals surface area contributed by atoms with E-state index in [1.807, 2.05) is 30.5 Å². The van der Waals surface area contributed by atoms with Crippen LogP contribution >= 0.6 is 27.3 Å². The third-order valence-corrected chi connectivity index (χ3v) is 4.12. The van der Waals surface area contributed by atoms with Crippen LogP contribution in [-0.2, 0) is 6.42 Å². The SMILES string of the molecule is CC(Cc1ccco1)NC(=O)c1sccc1Br. The normalized spacial score (nSPS) is 12.4. The molecule has 1 atom stereocenters. The van der Waals surface area contributed by atoms with Gasteiger partial charge in [-0.2, -0.15) is 0 Å². The Kier molecular flexibility index (Phi) is 4.02. The number of furan rings is 1. The van der Waals surface area contributed by atoms with Crippen LogP contribution in [0, 0.1) is 0 Å². The molecule has 3 nitrogen and oxygen atoms in total. The quantitative estimate of drug-likeness (QED) is 0.939. The number of carbonyl (C=O) groups is 1. The number of nitrogens with one attached hydrogen (secondary N) is 1. The van der Waals surface area contributed by atoms with Crippen molar-refractivity contribution in [3.8, 4) is 0 Å². The standard InChI is InChI=1S/C12H12BrNO2S/c1-8(7-9-3-2-5-16-9)14-12(15)11-10(13)4-6-17-11/h2-6,8H,7H2,1H3,(H,14,15). The van der Waals surface area contributed by atoms with E-state index in [9.17, 15) is 4.79 Å². The Morgan fingerprint density at radius 1 is 1.59 bits per heavy atom. The van der Waals surface area contributed by atoms with Crippen LogP contribution in [0.4, 0.5) is 0 Å². The van der Waals surface area contributed by atoms with Gasteiger partial charge in [-0.1, -0.05) is 0 Å². The second-order valence-electron chi connectivity index (χ2n) is 3.76. The number of hydrogen-bond acceptors (Lipinski definition) is 3. The lowest BCUT2D eigenvalue weighted by Crippen LogP contribution is -2.33. The summed E-state index contributed by atoms with van der Waals surface area (Å²) in [7, 11) is 0. The van der Waals surface area contributed by atoms with Crippen LogP contribution in [0.2, 0.25) is 0 Å².